The number of hydrogen-bond donors (Lipinski definition) is 0. The van der Waals surface area contributed by atoms with Crippen LogP contribution in [0, 0.1) is 0 Å². The predicted octanol–water partition coefficient (Wildman–Crippen LogP) is -1.07. The maximum absolute atomic E-state index is 0. The van der Waals surface area contributed by atoms with Gasteiger partial charge in [-0.05, 0) is 0 Å². The van der Waals surface area contributed by atoms with Crippen LogP contribution in [0.3, 0.4) is 0 Å². The van der Waals surface area contributed by atoms with Gasteiger partial charge in [0.15, 0.2) is 0 Å². The molecule has 0 saturated heterocycles. The van der Waals surface area contributed by atoms with Crippen LogP contribution in [0.5, 0.6) is 0 Å². The summed E-state index contributed by atoms with van der Waals surface area (Å²) in [7, 11) is 0. The molecule has 2 atom stereocenters. The molecule has 0 amide bonds. The predicted molar refractivity (Wildman–Crippen MR) is 32.1 cm³/mol. The summed E-state index contributed by atoms with van der Waals surface area (Å²) in [6.45, 7) is 0. The van der Waals surface area contributed by atoms with Crippen molar-refractivity contribution in [1.29, 1.82) is 0 Å². The van der Waals surface area contributed by atoms with Crippen molar-refractivity contribution in [1.82, 2.24) is 0 Å². The second-order valence-electron chi connectivity index (χ2n) is 0. The van der Waals surface area contributed by atoms with Gasteiger partial charge in [0.05, 0.1) is 0 Å². The molecule has 0 bridgehead atoms. The van der Waals surface area contributed by atoms with Crippen molar-refractivity contribution in [2.45, 2.75) is 0 Å². The van der Waals surface area contributed by atoms with Gasteiger partial charge < -0.3 is 0 Å². The molecule has 0 fully saturated rings. The van der Waals surface area contributed by atoms with Crippen LogP contribution in [0.4, 0.5) is 0 Å². The zero-order valence-electron chi connectivity index (χ0n) is 2.83. The summed E-state index contributed by atoms with van der Waals surface area (Å²) in [5, 5.41) is 0. The Morgan fingerprint density at radius 3 is 0.800 bits per heavy atom. The van der Waals surface area contributed by atoms with E-state index in [9.17, 15) is 0 Å². The molecule has 0 nitrogen and oxygen atoms in total. The molecule has 2 unspecified atom stereocenters. The first-order chi connectivity index (χ1) is 0. The van der Waals surface area contributed by atoms with E-state index in [-0.39, 0.29) is 78.1 Å². The molecule has 0 aliphatic carbocycles. The second-order valence-corrected chi connectivity index (χ2v) is 0. The Hall–Kier alpha value is 2.70. The van der Waals surface area contributed by atoms with Crippen molar-refractivity contribution >= 4 is 44.2 Å². The van der Waals surface area contributed by atoms with E-state index in [1.165, 1.54) is 0 Å². The fraction of sp³-hybridized carbons (Fsp3) is 0. The van der Waals surface area contributed by atoms with Gasteiger partial charge in [0, 0.05) is 33.8 Å². The molecule has 0 aliphatic heterocycles. The fourth-order valence-corrected chi connectivity index (χ4v) is 0. The van der Waals surface area contributed by atoms with E-state index in [2.05, 4.69) is 0 Å². The molecule has 0 saturated carbocycles. The molecule has 5 heavy (non-hydrogen) atoms. The van der Waals surface area contributed by atoms with Crippen LogP contribution in [0.15, 0.2) is 0 Å². The molecular formula is H9CoMnP2Sb. The average Bonchev–Trinajstić information content (AvgIpc) is 0. The summed E-state index contributed by atoms with van der Waals surface area (Å²) < 4.78 is 0. The molecule has 0 aromatic rings. The van der Waals surface area contributed by atoms with Crippen molar-refractivity contribution in [2.24, 2.45) is 0 Å². The first-order valence-corrected chi connectivity index (χ1v) is 0. The molecule has 0 N–H and O–H groups in total. The van der Waals surface area contributed by atoms with Crippen LogP contribution in [0.1, 0.15) is 0 Å². The average molecular weight is 307 g/mol. The summed E-state index contributed by atoms with van der Waals surface area (Å²) in [5.41, 5.74) is 0. The summed E-state index contributed by atoms with van der Waals surface area (Å²) in [6, 6.07) is 0. The van der Waals surface area contributed by atoms with Gasteiger partial charge in [0.25, 0.3) is 0 Å². The van der Waals surface area contributed by atoms with E-state index in [1.54, 1.807) is 0 Å². The Kier molecular flexibility index (Phi) is 283. The van der Waals surface area contributed by atoms with Crippen molar-refractivity contribution in [3.63, 3.8) is 0 Å². The standard InChI is InChI=1S/Co.Mn.2H3P.Sb.3H/h;;2*1H3;;;;. The van der Waals surface area contributed by atoms with Gasteiger partial charge >= 0.3 is 24.4 Å². The Balaban J connectivity index is 0. The van der Waals surface area contributed by atoms with Crippen LogP contribution in [-0.2, 0) is 33.8 Å². The first kappa shape index (κ1) is 47.4. The molecule has 0 rings (SSSR count). The van der Waals surface area contributed by atoms with Crippen molar-refractivity contribution < 1.29 is 33.8 Å². The molecular weight excluding hydrogens is 298 g/mol. The van der Waals surface area contributed by atoms with Gasteiger partial charge in [-0.25, -0.2) is 0 Å². The van der Waals surface area contributed by atoms with E-state index in [0.717, 1.165) is 0 Å². The minimum atomic E-state index is 0. The molecule has 0 aromatic carbocycles. The third-order valence-electron chi connectivity index (χ3n) is 0. The SMILES string of the molecule is P.P.[Co].[Mn].[SbH3]. The van der Waals surface area contributed by atoms with Crippen molar-refractivity contribution in [3.8, 4) is 0 Å². The van der Waals surface area contributed by atoms with Gasteiger partial charge in [0.2, 0.25) is 0 Å². The van der Waals surface area contributed by atoms with E-state index in [0.29, 0.717) is 0 Å². The van der Waals surface area contributed by atoms with E-state index in [1.807, 2.05) is 0 Å². The Bertz CT molecular complexity index is 9.61. The second kappa shape index (κ2) is 29.8. The van der Waals surface area contributed by atoms with Gasteiger partial charge in [-0.15, -0.1) is 0 Å². The normalized spacial score (nSPS) is 0. The van der Waals surface area contributed by atoms with Gasteiger partial charge in [-0.3, -0.25) is 0 Å². The summed E-state index contributed by atoms with van der Waals surface area (Å²) in [4.78, 5) is 0. The number of hydrogen-bond acceptors (Lipinski definition) is 0. The van der Waals surface area contributed by atoms with Crippen LogP contribution < -0.4 is 0 Å². The Morgan fingerprint density at radius 2 is 0.800 bits per heavy atom. The number of rotatable bonds is 0. The third-order valence-corrected chi connectivity index (χ3v) is 0. The van der Waals surface area contributed by atoms with E-state index in [4.69, 9.17) is 0 Å². The Labute approximate surface area is 77.4 Å². The Morgan fingerprint density at radius 1 is 0.800 bits per heavy atom. The molecule has 0 heterocycles. The fourth-order valence-electron chi connectivity index (χ4n) is 0. The van der Waals surface area contributed by atoms with Crippen LogP contribution in [0.25, 0.3) is 0 Å². The molecule has 0 aliphatic rings. The van der Waals surface area contributed by atoms with Crippen LogP contribution in [-0.4, -0.2) is 24.4 Å². The van der Waals surface area contributed by atoms with Crippen molar-refractivity contribution in [3.05, 3.63) is 0 Å². The van der Waals surface area contributed by atoms with Gasteiger partial charge in [-0.2, -0.15) is 19.8 Å². The minimum absolute atomic E-state index is 0. The van der Waals surface area contributed by atoms with Gasteiger partial charge in [-0.1, -0.05) is 0 Å². The van der Waals surface area contributed by atoms with Gasteiger partial charge in [0.1, 0.15) is 0 Å². The summed E-state index contributed by atoms with van der Waals surface area (Å²) in [6.07, 6.45) is 0. The molecule has 0 aromatic heterocycles. The molecule has 2 radical (unpaired) electrons. The topological polar surface area (TPSA) is 0 Å². The quantitative estimate of drug-likeness (QED) is 0.395. The molecule has 0 spiro atoms. The third kappa shape index (κ3) is 20.3. The van der Waals surface area contributed by atoms with Crippen LogP contribution >= 0.6 is 19.8 Å². The molecule has 40 valence electrons. The van der Waals surface area contributed by atoms with E-state index < -0.39 is 0 Å². The van der Waals surface area contributed by atoms with E-state index >= 15 is 0 Å². The maximum atomic E-state index is 0. The monoisotopic (exact) mass is 306 g/mol. The summed E-state index contributed by atoms with van der Waals surface area (Å²) >= 11 is 0. The summed E-state index contributed by atoms with van der Waals surface area (Å²) in [5.74, 6) is 0. The zero-order chi connectivity index (χ0) is 0. The molecule has 5 heteroatoms. The zero-order valence-corrected chi connectivity index (χ0v) is 11.9. The first-order valence-electron chi connectivity index (χ1n) is 0. The van der Waals surface area contributed by atoms with Crippen LogP contribution in [0.2, 0.25) is 0 Å². The van der Waals surface area contributed by atoms with Crippen molar-refractivity contribution in [2.75, 3.05) is 0 Å².